The van der Waals surface area contributed by atoms with Crippen molar-refractivity contribution >= 4 is 13.0 Å². The van der Waals surface area contributed by atoms with Gasteiger partial charge in [0.25, 0.3) is 0 Å². The number of nitrogens with zero attached hydrogens (tertiary/aromatic N) is 3. The van der Waals surface area contributed by atoms with Crippen LogP contribution >= 0.6 is 7.60 Å². The monoisotopic (exact) mass is 247 g/mol. The van der Waals surface area contributed by atoms with Crippen LogP contribution in [0.5, 0.6) is 0 Å². The highest BCUT2D eigenvalue weighted by Crippen LogP contribution is 2.31. The summed E-state index contributed by atoms with van der Waals surface area (Å²) < 4.78 is 10.8. The number of unbranched alkanes of at least 4 members (excludes halogenated alkanes) is 4. The van der Waals surface area contributed by atoms with Gasteiger partial charge in [-0.2, -0.15) is 9.90 Å². The molecule has 0 bridgehead atoms. The van der Waals surface area contributed by atoms with Crippen molar-refractivity contribution in [2.75, 3.05) is 0 Å². The average Bonchev–Trinajstić information content (AvgIpc) is 2.65. The van der Waals surface area contributed by atoms with E-state index >= 15 is 0 Å². The van der Waals surface area contributed by atoms with Crippen molar-refractivity contribution in [2.45, 2.75) is 45.6 Å². The Morgan fingerprint density at radius 1 is 1.31 bits per heavy atom. The highest BCUT2D eigenvalue weighted by Gasteiger charge is 2.21. The molecule has 1 aromatic rings. The molecule has 1 heterocycles. The molecule has 92 valence electrons. The molecule has 0 aliphatic rings. The molecule has 0 aromatic carbocycles. The fourth-order valence-electron chi connectivity index (χ4n) is 1.39. The zero-order valence-corrected chi connectivity index (χ0v) is 10.3. The molecule has 0 spiro atoms. The molecule has 0 saturated carbocycles. The highest BCUT2D eigenvalue weighted by molar-refractivity contribution is 7.59. The minimum atomic E-state index is -4.24. The minimum absolute atomic E-state index is 0.249. The van der Waals surface area contributed by atoms with Crippen LogP contribution in [0.4, 0.5) is 0 Å². The van der Waals surface area contributed by atoms with Gasteiger partial charge in [0.15, 0.2) is 5.44 Å². The first-order valence-electron chi connectivity index (χ1n) is 5.50. The Hall–Kier alpha value is -0.710. The van der Waals surface area contributed by atoms with Crippen molar-refractivity contribution in [3.63, 3.8) is 0 Å². The average molecular weight is 247 g/mol. The van der Waals surface area contributed by atoms with Crippen LogP contribution in [-0.4, -0.2) is 24.8 Å². The number of hydrogen-bond acceptors (Lipinski definition) is 3. The van der Waals surface area contributed by atoms with E-state index in [2.05, 4.69) is 17.1 Å². The van der Waals surface area contributed by atoms with E-state index in [1.54, 1.807) is 0 Å². The predicted molar refractivity (Wildman–Crippen MR) is 60.5 cm³/mol. The van der Waals surface area contributed by atoms with Gasteiger partial charge in [0, 0.05) is 0 Å². The van der Waals surface area contributed by atoms with Gasteiger partial charge in [-0.25, -0.2) is 0 Å². The number of rotatable bonds is 7. The lowest BCUT2D eigenvalue weighted by Gasteiger charge is -2.00. The summed E-state index contributed by atoms with van der Waals surface area (Å²) in [6, 6.07) is 0. The molecule has 2 N–H and O–H groups in total. The lowest BCUT2D eigenvalue weighted by atomic mass is 10.2. The Bertz CT molecular complexity index is 361. The van der Waals surface area contributed by atoms with Gasteiger partial charge in [0.1, 0.15) is 0 Å². The Morgan fingerprint density at radius 2 is 2.00 bits per heavy atom. The summed E-state index contributed by atoms with van der Waals surface area (Å²) in [6.45, 7) is 2.77. The van der Waals surface area contributed by atoms with E-state index in [0.717, 1.165) is 19.0 Å². The van der Waals surface area contributed by atoms with E-state index in [-0.39, 0.29) is 5.44 Å². The quantitative estimate of drug-likeness (QED) is 0.555. The highest BCUT2D eigenvalue weighted by atomic mass is 31.2. The van der Waals surface area contributed by atoms with E-state index in [1.165, 1.54) is 24.1 Å². The number of aryl methyl sites for hydroxylation is 1. The molecule has 1 aromatic heterocycles. The van der Waals surface area contributed by atoms with Crippen molar-refractivity contribution in [2.24, 2.45) is 0 Å². The lowest BCUT2D eigenvalue weighted by Crippen LogP contribution is -2.09. The smallest absolute Gasteiger partial charge is 0.320 e. The molecule has 0 aliphatic heterocycles. The van der Waals surface area contributed by atoms with E-state index in [9.17, 15) is 4.57 Å². The van der Waals surface area contributed by atoms with E-state index in [1.807, 2.05) is 0 Å². The third-order valence-corrected chi connectivity index (χ3v) is 3.09. The maximum atomic E-state index is 10.8. The maximum Gasteiger partial charge on any atom is 0.378 e. The molecule has 0 atom stereocenters. The third kappa shape index (κ3) is 4.43. The summed E-state index contributed by atoms with van der Waals surface area (Å²) in [5, 5.41) is 7.56. The fraction of sp³-hybridized carbons (Fsp3) is 0.778. The summed E-state index contributed by atoms with van der Waals surface area (Å²) in [6.07, 6.45) is 6.77. The molecule has 16 heavy (non-hydrogen) atoms. The van der Waals surface area contributed by atoms with Crippen molar-refractivity contribution < 1.29 is 14.4 Å². The van der Waals surface area contributed by atoms with Gasteiger partial charge in [-0.1, -0.05) is 32.6 Å². The van der Waals surface area contributed by atoms with Gasteiger partial charge in [-0.3, -0.25) is 4.57 Å². The van der Waals surface area contributed by atoms with Crippen molar-refractivity contribution in [1.29, 1.82) is 0 Å². The van der Waals surface area contributed by atoms with Crippen LogP contribution in [0.2, 0.25) is 0 Å². The molecular weight excluding hydrogens is 229 g/mol. The first-order chi connectivity index (χ1) is 7.54. The van der Waals surface area contributed by atoms with Gasteiger partial charge in [0.05, 0.1) is 12.7 Å². The molecule has 1 rings (SSSR count). The molecule has 0 unspecified atom stereocenters. The fourth-order valence-corrected chi connectivity index (χ4v) is 1.81. The molecule has 0 fully saturated rings. The van der Waals surface area contributed by atoms with Crippen LogP contribution < -0.4 is 5.44 Å². The van der Waals surface area contributed by atoms with Crippen LogP contribution in [0.1, 0.15) is 39.0 Å². The lowest BCUT2D eigenvalue weighted by molar-refractivity contribution is 0.385. The summed E-state index contributed by atoms with van der Waals surface area (Å²) >= 11 is 0. The Kier molecular flexibility index (Phi) is 5.12. The van der Waals surface area contributed by atoms with E-state index < -0.39 is 7.60 Å². The summed E-state index contributed by atoms with van der Waals surface area (Å²) in [7, 11) is -4.24. The second kappa shape index (κ2) is 6.13. The minimum Gasteiger partial charge on any atom is -0.320 e. The first kappa shape index (κ1) is 13.4. The molecule has 0 amide bonds. The summed E-state index contributed by atoms with van der Waals surface area (Å²) in [5.74, 6) is 0. The Morgan fingerprint density at radius 3 is 2.56 bits per heavy atom. The zero-order valence-electron chi connectivity index (χ0n) is 9.41. The second-order valence-electron chi connectivity index (χ2n) is 3.76. The zero-order chi connectivity index (χ0) is 12.0. The molecule has 6 nitrogen and oxygen atoms in total. The number of aromatic nitrogens is 3. The normalized spacial score (nSPS) is 11.9. The molecule has 7 heteroatoms. The first-order valence-corrected chi connectivity index (χ1v) is 7.11. The molecular formula is C9H18N3O3P. The van der Waals surface area contributed by atoms with Gasteiger partial charge in [-0.15, -0.1) is 5.10 Å². The Balaban J connectivity index is 2.33. The largest absolute Gasteiger partial charge is 0.378 e. The molecule has 0 aliphatic carbocycles. The summed E-state index contributed by atoms with van der Waals surface area (Å²) in [5.41, 5.74) is -0.249. The van der Waals surface area contributed by atoms with E-state index in [4.69, 9.17) is 9.79 Å². The third-order valence-electron chi connectivity index (χ3n) is 2.28. The van der Waals surface area contributed by atoms with Crippen LogP contribution in [0.15, 0.2) is 6.20 Å². The van der Waals surface area contributed by atoms with Crippen LogP contribution in [-0.2, 0) is 11.1 Å². The van der Waals surface area contributed by atoms with Crippen LogP contribution in [0.25, 0.3) is 0 Å². The topological polar surface area (TPSA) is 88.2 Å². The van der Waals surface area contributed by atoms with E-state index in [0.29, 0.717) is 6.54 Å². The Labute approximate surface area is 94.8 Å². The second-order valence-corrected chi connectivity index (χ2v) is 5.30. The van der Waals surface area contributed by atoms with Crippen molar-refractivity contribution in [3.05, 3.63) is 6.20 Å². The summed E-state index contributed by atoms with van der Waals surface area (Å²) in [4.78, 5) is 19.0. The SMILES string of the molecule is CCCCCCCn1ncc(P(=O)(O)O)n1. The van der Waals surface area contributed by atoms with Gasteiger partial charge in [-0.05, 0) is 6.42 Å². The predicted octanol–water partition coefficient (Wildman–Crippen LogP) is 1.05. The standard InChI is InChI=1S/C9H18N3O3P/c1-2-3-4-5-6-7-12-10-8-9(11-12)16(13,14)15/h8H,2-7H2,1H3,(H2,13,14,15). The van der Waals surface area contributed by atoms with Gasteiger partial charge in [0.2, 0.25) is 0 Å². The van der Waals surface area contributed by atoms with Gasteiger partial charge >= 0.3 is 7.60 Å². The molecule has 0 saturated heterocycles. The van der Waals surface area contributed by atoms with Crippen molar-refractivity contribution in [1.82, 2.24) is 15.0 Å². The van der Waals surface area contributed by atoms with Crippen LogP contribution in [0.3, 0.4) is 0 Å². The van der Waals surface area contributed by atoms with Gasteiger partial charge < -0.3 is 9.79 Å². The molecule has 0 radical (unpaired) electrons. The van der Waals surface area contributed by atoms with Crippen molar-refractivity contribution in [3.8, 4) is 0 Å². The maximum absolute atomic E-state index is 10.8. The number of hydrogen-bond donors (Lipinski definition) is 2. The van der Waals surface area contributed by atoms with Crippen LogP contribution in [0, 0.1) is 0 Å².